The molecule has 2 unspecified atom stereocenters. The zero-order chi connectivity index (χ0) is 34.9. The highest BCUT2D eigenvalue weighted by molar-refractivity contribution is 6.62. The van der Waals surface area contributed by atoms with Crippen LogP contribution in [0, 0.1) is 18.7 Å². The Balaban J connectivity index is 2.09. The summed E-state index contributed by atoms with van der Waals surface area (Å²) in [7, 11) is 2.50. The van der Waals surface area contributed by atoms with Crippen LogP contribution in [-0.2, 0) is 31.5 Å². The van der Waals surface area contributed by atoms with Crippen molar-refractivity contribution >= 4 is 24.5 Å². The summed E-state index contributed by atoms with van der Waals surface area (Å²) < 4.78 is 70.5. The number of likely N-dealkylation sites (N-methyl/N-ethyl adjacent to an activating group) is 1. The molecule has 2 heterocycles. The number of nitrogens with zero attached hydrogens (tertiary/aromatic N) is 2. The highest BCUT2D eigenvalue weighted by atomic mass is 19.4. The zero-order valence-electron chi connectivity index (χ0n) is 27.8. The van der Waals surface area contributed by atoms with E-state index in [0.29, 0.717) is 11.5 Å². The van der Waals surface area contributed by atoms with Gasteiger partial charge < -0.3 is 29.2 Å². The first-order chi connectivity index (χ1) is 21.0. The van der Waals surface area contributed by atoms with Gasteiger partial charge in [-0.05, 0) is 84.1 Å². The van der Waals surface area contributed by atoms with Crippen LogP contribution in [0.3, 0.4) is 0 Å². The van der Waals surface area contributed by atoms with Crippen LogP contribution in [-0.4, -0.2) is 65.4 Å². The van der Waals surface area contributed by atoms with Gasteiger partial charge in [0.15, 0.2) is 0 Å². The Kier molecular flexibility index (Phi) is 11.2. The van der Waals surface area contributed by atoms with Crippen molar-refractivity contribution in [1.29, 1.82) is 0 Å². The SMILES string of the molecule is Cc1cc(B2OC(C)(C)C(C)(C)O2)cc(C(CC(=O)O)NC(=O)C(CC(C)C)n2cc(CCN(C)C)c(C(F)(F)F)cc2=O)c1F. The molecule has 254 valence electrons. The van der Waals surface area contributed by atoms with Gasteiger partial charge in [-0.1, -0.05) is 26.0 Å². The van der Waals surface area contributed by atoms with Crippen molar-refractivity contribution in [2.75, 3.05) is 20.6 Å². The summed E-state index contributed by atoms with van der Waals surface area (Å²) in [5.41, 5.74) is -3.26. The molecule has 2 atom stereocenters. The zero-order valence-corrected chi connectivity index (χ0v) is 27.8. The first kappa shape index (κ1) is 37.2. The molecule has 1 fully saturated rings. The van der Waals surface area contributed by atoms with Crippen LogP contribution in [0.15, 0.2) is 29.2 Å². The largest absolute Gasteiger partial charge is 0.494 e. The third kappa shape index (κ3) is 8.57. The van der Waals surface area contributed by atoms with Crippen LogP contribution in [0.4, 0.5) is 17.6 Å². The molecule has 3 rings (SSSR count). The van der Waals surface area contributed by atoms with Crippen LogP contribution in [0.25, 0.3) is 0 Å². The van der Waals surface area contributed by atoms with Crippen molar-refractivity contribution in [3.8, 4) is 0 Å². The van der Waals surface area contributed by atoms with E-state index in [4.69, 9.17) is 9.31 Å². The van der Waals surface area contributed by atoms with Gasteiger partial charge in [-0.15, -0.1) is 0 Å². The summed E-state index contributed by atoms with van der Waals surface area (Å²) in [6, 6.07) is 0.703. The molecule has 9 nitrogen and oxygen atoms in total. The van der Waals surface area contributed by atoms with E-state index in [2.05, 4.69) is 5.32 Å². The van der Waals surface area contributed by atoms with Crippen molar-refractivity contribution in [2.24, 2.45) is 5.92 Å². The second-order valence-electron chi connectivity index (χ2n) is 13.6. The molecule has 1 aromatic heterocycles. The van der Waals surface area contributed by atoms with Gasteiger partial charge in [0.25, 0.3) is 5.56 Å². The van der Waals surface area contributed by atoms with E-state index in [1.165, 1.54) is 19.1 Å². The van der Waals surface area contributed by atoms with Gasteiger partial charge in [0.1, 0.15) is 11.9 Å². The lowest BCUT2D eigenvalue weighted by Gasteiger charge is -2.32. The molecular weight excluding hydrogens is 609 g/mol. The molecule has 0 aliphatic carbocycles. The Morgan fingerprint density at radius 2 is 1.67 bits per heavy atom. The minimum Gasteiger partial charge on any atom is -0.481 e. The second-order valence-corrected chi connectivity index (χ2v) is 13.6. The number of aliphatic carboxylic acids is 1. The molecule has 1 amide bonds. The quantitative estimate of drug-likeness (QED) is 0.254. The molecule has 1 aromatic carbocycles. The number of rotatable bonds is 12. The van der Waals surface area contributed by atoms with Crippen LogP contribution >= 0.6 is 0 Å². The smallest absolute Gasteiger partial charge is 0.481 e. The Bertz CT molecular complexity index is 1490. The molecule has 46 heavy (non-hydrogen) atoms. The number of hydrogen-bond donors (Lipinski definition) is 2. The molecular formula is C32H44BF4N3O6. The van der Waals surface area contributed by atoms with Crippen molar-refractivity contribution in [2.45, 2.75) is 97.2 Å². The number of alkyl halides is 3. The Hall–Kier alpha value is -3.23. The van der Waals surface area contributed by atoms with E-state index in [-0.39, 0.29) is 42.0 Å². The number of hydrogen-bond acceptors (Lipinski definition) is 6. The summed E-state index contributed by atoms with van der Waals surface area (Å²) in [6.45, 7) is 12.7. The number of carbonyl (C=O) groups excluding carboxylic acids is 1. The average Bonchev–Trinajstić information content (AvgIpc) is 3.12. The fraction of sp³-hybridized carbons (Fsp3) is 0.594. The van der Waals surface area contributed by atoms with Crippen LogP contribution < -0.4 is 16.3 Å². The minimum atomic E-state index is -4.79. The van der Waals surface area contributed by atoms with Crippen molar-refractivity contribution in [3.05, 3.63) is 62.8 Å². The Morgan fingerprint density at radius 3 is 2.17 bits per heavy atom. The van der Waals surface area contributed by atoms with E-state index in [0.717, 1.165) is 10.8 Å². The van der Waals surface area contributed by atoms with Crippen LogP contribution in [0.1, 0.15) is 88.7 Å². The molecule has 14 heteroatoms. The van der Waals surface area contributed by atoms with E-state index in [1.807, 2.05) is 27.7 Å². The number of pyridine rings is 1. The van der Waals surface area contributed by atoms with Crippen molar-refractivity contribution in [1.82, 2.24) is 14.8 Å². The normalized spacial score (nSPS) is 17.4. The topological polar surface area (TPSA) is 110 Å². The van der Waals surface area contributed by atoms with Gasteiger partial charge in [0.05, 0.1) is 29.2 Å². The van der Waals surface area contributed by atoms with Crippen LogP contribution in [0.5, 0.6) is 0 Å². The van der Waals surface area contributed by atoms with Crippen molar-refractivity contribution < 1.29 is 41.6 Å². The average molecular weight is 654 g/mol. The van der Waals surface area contributed by atoms with E-state index >= 15 is 4.39 Å². The molecule has 0 saturated carbocycles. The van der Waals surface area contributed by atoms with Crippen LogP contribution in [0.2, 0.25) is 0 Å². The lowest BCUT2D eigenvalue weighted by Crippen LogP contribution is -2.41. The number of amides is 1. The fourth-order valence-corrected chi connectivity index (χ4v) is 5.31. The predicted octanol–water partition coefficient (Wildman–Crippen LogP) is 4.64. The predicted molar refractivity (Wildman–Crippen MR) is 166 cm³/mol. The number of aromatic nitrogens is 1. The maximum absolute atomic E-state index is 15.7. The van der Waals surface area contributed by atoms with Gasteiger partial charge >= 0.3 is 19.3 Å². The molecule has 2 aromatic rings. The second kappa shape index (κ2) is 13.9. The molecule has 0 bridgehead atoms. The molecule has 0 spiro atoms. The number of nitrogens with one attached hydrogen (secondary N) is 1. The summed E-state index contributed by atoms with van der Waals surface area (Å²) in [6.07, 6.45) is -4.45. The first-order valence-electron chi connectivity index (χ1n) is 15.2. The van der Waals surface area contributed by atoms with E-state index in [9.17, 15) is 32.7 Å². The highest BCUT2D eigenvalue weighted by Crippen LogP contribution is 2.37. The third-order valence-electron chi connectivity index (χ3n) is 8.53. The lowest BCUT2D eigenvalue weighted by atomic mass is 9.76. The van der Waals surface area contributed by atoms with E-state index < -0.39 is 71.8 Å². The summed E-state index contributed by atoms with van der Waals surface area (Å²) in [5, 5.41) is 12.3. The highest BCUT2D eigenvalue weighted by Gasteiger charge is 2.52. The number of benzene rings is 1. The van der Waals surface area contributed by atoms with Gasteiger partial charge in [0, 0.05) is 24.4 Å². The Labute approximate surface area is 267 Å². The third-order valence-corrected chi connectivity index (χ3v) is 8.53. The maximum atomic E-state index is 15.7. The summed E-state index contributed by atoms with van der Waals surface area (Å²) >= 11 is 0. The molecule has 2 N–H and O–H groups in total. The van der Waals surface area contributed by atoms with Crippen molar-refractivity contribution in [3.63, 3.8) is 0 Å². The van der Waals surface area contributed by atoms with E-state index in [1.54, 1.807) is 32.8 Å². The van der Waals surface area contributed by atoms with Gasteiger partial charge in [0.2, 0.25) is 5.91 Å². The Morgan fingerprint density at radius 1 is 1.09 bits per heavy atom. The summed E-state index contributed by atoms with van der Waals surface area (Å²) in [5.74, 6) is -3.11. The number of halogens is 4. The minimum absolute atomic E-state index is 0.0412. The standard InChI is InChI=1S/C32H44BF4N3O6/c1-18(2)12-25(40-17-20(10-11-39(8)9)23(15-26(40)41)32(35,36)37)29(44)38-24(16-27(42)43)22-14-21(13-19(3)28(22)34)33-45-30(4,5)31(6,7)46-33/h13-15,17-18,24-25H,10-12,16H2,1-9H3,(H,38,44)(H,42,43). The number of aryl methyl sites for hydroxylation is 1. The molecule has 1 aliphatic heterocycles. The van der Waals surface area contributed by atoms with Gasteiger partial charge in [-0.2, -0.15) is 13.2 Å². The molecule has 1 aliphatic rings. The maximum Gasteiger partial charge on any atom is 0.494 e. The van der Waals surface area contributed by atoms with Gasteiger partial charge in [-0.25, -0.2) is 4.39 Å². The number of carbonyl (C=O) groups is 2. The lowest BCUT2D eigenvalue weighted by molar-refractivity contribution is -0.139. The van der Waals surface area contributed by atoms with Gasteiger partial charge in [-0.3, -0.25) is 14.4 Å². The molecule has 1 saturated heterocycles. The summed E-state index contributed by atoms with van der Waals surface area (Å²) in [4.78, 5) is 40.7. The molecule has 0 radical (unpaired) electrons. The number of carboxylic acids is 1. The fourth-order valence-electron chi connectivity index (χ4n) is 5.31. The monoisotopic (exact) mass is 653 g/mol. The first-order valence-corrected chi connectivity index (χ1v) is 15.2. The number of carboxylic acid groups (broad SMARTS) is 1.